The summed E-state index contributed by atoms with van der Waals surface area (Å²) >= 11 is 0. The van der Waals surface area contributed by atoms with Gasteiger partial charge in [0, 0.05) is 13.1 Å². The van der Waals surface area contributed by atoms with Gasteiger partial charge in [0.05, 0.1) is 6.04 Å². The first-order valence-electron chi connectivity index (χ1n) is 7.03. The molecule has 2 heterocycles. The third kappa shape index (κ3) is 2.11. The summed E-state index contributed by atoms with van der Waals surface area (Å²) in [4.78, 5) is 2.24. The molecule has 2 aliphatic rings. The summed E-state index contributed by atoms with van der Waals surface area (Å²) < 4.78 is 5.64. The summed E-state index contributed by atoms with van der Waals surface area (Å²) in [5.74, 6) is 0.537. The van der Waals surface area contributed by atoms with E-state index in [0.717, 1.165) is 13.1 Å². The van der Waals surface area contributed by atoms with E-state index in [4.69, 9.17) is 10.2 Å². The van der Waals surface area contributed by atoms with Gasteiger partial charge in [-0.2, -0.15) is 0 Å². The number of rotatable bonds is 2. The van der Waals surface area contributed by atoms with E-state index in [0.29, 0.717) is 17.3 Å². The number of hydrogen-bond acceptors (Lipinski definition) is 5. The molecule has 1 aliphatic heterocycles. The fourth-order valence-electron chi connectivity index (χ4n) is 3.35. The highest BCUT2D eigenvalue weighted by molar-refractivity contribution is 5.28. The van der Waals surface area contributed by atoms with Crippen LogP contribution < -0.4 is 10.6 Å². The summed E-state index contributed by atoms with van der Waals surface area (Å²) in [6.07, 6.45) is 8.14. The molecular formula is C13H22N4O. The van der Waals surface area contributed by atoms with E-state index >= 15 is 0 Å². The molecule has 100 valence electrons. The summed E-state index contributed by atoms with van der Waals surface area (Å²) in [6, 6.07) is 0.474. The quantitative estimate of drug-likeness (QED) is 0.872. The molecular weight excluding hydrogens is 228 g/mol. The number of aromatic nitrogens is 2. The standard InChI is InChI=1S/C13H22N4O/c1-10(14)11-15-16-12(18-11)17-8-7-13(9-17)5-3-2-4-6-13/h10H,2-9,14H2,1H3. The van der Waals surface area contributed by atoms with E-state index < -0.39 is 0 Å². The van der Waals surface area contributed by atoms with E-state index in [9.17, 15) is 0 Å². The average molecular weight is 250 g/mol. The van der Waals surface area contributed by atoms with Crippen LogP contribution in [0.15, 0.2) is 4.42 Å². The van der Waals surface area contributed by atoms with Crippen LogP contribution in [0.3, 0.4) is 0 Å². The van der Waals surface area contributed by atoms with Crippen LogP contribution in [0.25, 0.3) is 0 Å². The minimum absolute atomic E-state index is 0.183. The van der Waals surface area contributed by atoms with Crippen LogP contribution in [0.1, 0.15) is 57.4 Å². The second kappa shape index (κ2) is 4.53. The van der Waals surface area contributed by atoms with Gasteiger partial charge in [-0.3, -0.25) is 0 Å². The van der Waals surface area contributed by atoms with Crippen molar-refractivity contribution in [3.05, 3.63) is 5.89 Å². The molecule has 2 fully saturated rings. The molecule has 1 aliphatic carbocycles. The van der Waals surface area contributed by atoms with Gasteiger partial charge in [-0.25, -0.2) is 0 Å². The van der Waals surface area contributed by atoms with Crippen LogP contribution in [0.4, 0.5) is 6.01 Å². The Morgan fingerprint density at radius 2 is 2.00 bits per heavy atom. The minimum Gasteiger partial charge on any atom is -0.406 e. The molecule has 18 heavy (non-hydrogen) atoms. The van der Waals surface area contributed by atoms with Crippen molar-refractivity contribution in [1.82, 2.24) is 10.2 Å². The smallest absolute Gasteiger partial charge is 0.318 e. The average Bonchev–Trinajstić information content (AvgIpc) is 2.97. The van der Waals surface area contributed by atoms with E-state index in [1.807, 2.05) is 6.92 Å². The van der Waals surface area contributed by atoms with Crippen LogP contribution in [0.2, 0.25) is 0 Å². The zero-order chi connectivity index (χ0) is 12.6. The van der Waals surface area contributed by atoms with Gasteiger partial charge in [0.1, 0.15) is 0 Å². The molecule has 1 spiro atoms. The van der Waals surface area contributed by atoms with E-state index in [-0.39, 0.29) is 6.04 Å². The third-order valence-corrected chi connectivity index (χ3v) is 4.44. The van der Waals surface area contributed by atoms with Crippen molar-refractivity contribution in [3.63, 3.8) is 0 Å². The number of nitrogens with two attached hydrogens (primary N) is 1. The SMILES string of the molecule is CC(N)c1nnc(N2CCC3(CCCCC3)C2)o1. The van der Waals surface area contributed by atoms with Gasteiger partial charge in [-0.05, 0) is 31.6 Å². The predicted octanol–water partition coefficient (Wildman–Crippen LogP) is 2.25. The van der Waals surface area contributed by atoms with Gasteiger partial charge in [-0.1, -0.05) is 24.4 Å². The van der Waals surface area contributed by atoms with Crippen molar-refractivity contribution in [3.8, 4) is 0 Å². The molecule has 1 saturated heterocycles. The zero-order valence-electron chi connectivity index (χ0n) is 11.1. The Labute approximate surface area is 108 Å². The second-order valence-electron chi connectivity index (χ2n) is 5.94. The van der Waals surface area contributed by atoms with Gasteiger partial charge >= 0.3 is 6.01 Å². The van der Waals surface area contributed by atoms with Crippen molar-refractivity contribution in [1.29, 1.82) is 0 Å². The molecule has 0 aromatic carbocycles. The van der Waals surface area contributed by atoms with Crippen molar-refractivity contribution >= 4 is 6.01 Å². The van der Waals surface area contributed by atoms with Crippen LogP contribution in [0, 0.1) is 5.41 Å². The first-order chi connectivity index (χ1) is 8.69. The molecule has 0 bridgehead atoms. The molecule has 1 saturated carbocycles. The molecule has 2 N–H and O–H groups in total. The number of nitrogens with zero attached hydrogens (tertiary/aromatic N) is 3. The zero-order valence-corrected chi connectivity index (χ0v) is 11.1. The number of anilines is 1. The maximum Gasteiger partial charge on any atom is 0.318 e. The summed E-state index contributed by atoms with van der Waals surface area (Å²) in [5, 5.41) is 8.14. The lowest BCUT2D eigenvalue weighted by Crippen LogP contribution is -2.29. The fourth-order valence-corrected chi connectivity index (χ4v) is 3.35. The van der Waals surface area contributed by atoms with Crippen LogP contribution >= 0.6 is 0 Å². The Bertz CT molecular complexity index is 409. The first-order valence-corrected chi connectivity index (χ1v) is 7.03. The van der Waals surface area contributed by atoms with Crippen molar-refractivity contribution in [2.75, 3.05) is 18.0 Å². The Balaban J connectivity index is 1.70. The highest BCUT2D eigenvalue weighted by Gasteiger charge is 2.40. The van der Waals surface area contributed by atoms with Gasteiger partial charge in [0.2, 0.25) is 5.89 Å². The summed E-state index contributed by atoms with van der Waals surface area (Å²) in [6.45, 7) is 3.98. The van der Waals surface area contributed by atoms with Crippen LogP contribution in [-0.4, -0.2) is 23.3 Å². The molecule has 0 radical (unpaired) electrons. The lowest BCUT2D eigenvalue weighted by molar-refractivity contribution is 0.218. The van der Waals surface area contributed by atoms with E-state index in [1.54, 1.807) is 0 Å². The summed E-state index contributed by atoms with van der Waals surface area (Å²) in [5.41, 5.74) is 6.26. The predicted molar refractivity (Wildman–Crippen MR) is 69.2 cm³/mol. The molecule has 0 amide bonds. The number of hydrogen-bond donors (Lipinski definition) is 1. The fraction of sp³-hybridized carbons (Fsp3) is 0.846. The second-order valence-corrected chi connectivity index (χ2v) is 5.94. The monoisotopic (exact) mass is 250 g/mol. The van der Waals surface area contributed by atoms with Gasteiger partial charge in [0.15, 0.2) is 0 Å². The van der Waals surface area contributed by atoms with Crippen molar-refractivity contribution in [2.45, 2.75) is 51.5 Å². The molecule has 3 rings (SSSR count). The molecule has 5 nitrogen and oxygen atoms in total. The third-order valence-electron chi connectivity index (χ3n) is 4.44. The maximum absolute atomic E-state index is 5.75. The lowest BCUT2D eigenvalue weighted by atomic mass is 9.74. The molecule has 5 heteroatoms. The summed E-state index contributed by atoms with van der Waals surface area (Å²) in [7, 11) is 0. The molecule has 1 atom stereocenters. The largest absolute Gasteiger partial charge is 0.406 e. The first kappa shape index (κ1) is 12.0. The molecule has 1 aromatic rings. The Kier molecular flexibility index (Phi) is 3.01. The highest BCUT2D eigenvalue weighted by atomic mass is 16.4. The highest BCUT2D eigenvalue weighted by Crippen LogP contribution is 2.44. The van der Waals surface area contributed by atoms with Crippen LogP contribution in [0.5, 0.6) is 0 Å². The van der Waals surface area contributed by atoms with Crippen molar-refractivity contribution < 1.29 is 4.42 Å². The molecule has 1 unspecified atom stereocenters. The Morgan fingerprint density at radius 3 is 2.67 bits per heavy atom. The van der Waals surface area contributed by atoms with Gasteiger partial charge in [-0.15, -0.1) is 5.10 Å². The van der Waals surface area contributed by atoms with Gasteiger partial charge in [0.25, 0.3) is 0 Å². The van der Waals surface area contributed by atoms with Crippen LogP contribution in [-0.2, 0) is 0 Å². The van der Waals surface area contributed by atoms with E-state index in [2.05, 4.69) is 15.1 Å². The minimum atomic E-state index is -0.183. The maximum atomic E-state index is 5.75. The Morgan fingerprint density at radius 1 is 1.22 bits per heavy atom. The van der Waals surface area contributed by atoms with Crippen molar-refractivity contribution in [2.24, 2.45) is 11.1 Å². The molecule has 1 aromatic heterocycles. The lowest BCUT2D eigenvalue weighted by Gasteiger charge is -2.32. The Hall–Kier alpha value is -1.10. The normalized spacial score (nSPS) is 24.7. The van der Waals surface area contributed by atoms with Gasteiger partial charge < -0.3 is 15.1 Å². The van der Waals surface area contributed by atoms with E-state index in [1.165, 1.54) is 38.5 Å². The topological polar surface area (TPSA) is 68.2 Å².